The summed E-state index contributed by atoms with van der Waals surface area (Å²) >= 11 is 0. The molecule has 3 rings (SSSR count). The molecule has 2 N–H and O–H groups in total. The molecule has 1 aliphatic rings. The Bertz CT molecular complexity index is 1190. The number of esters is 1. The number of nitriles is 1. The number of allylic oxidation sites excluding steroid dienone is 2. The molecule has 2 aromatic rings. The van der Waals surface area contributed by atoms with Crippen molar-refractivity contribution in [3.8, 4) is 17.6 Å². The van der Waals surface area contributed by atoms with E-state index in [-0.39, 0.29) is 35.1 Å². The number of nitro benzene ring substituents is 1. The molecule has 10 heteroatoms. The first-order chi connectivity index (χ1) is 15.8. The number of methoxy groups -OCH3 is 2. The van der Waals surface area contributed by atoms with Crippen molar-refractivity contribution in [1.29, 1.82) is 5.26 Å². The number of hydrogen-bond donors (Lipinski definition) is 1. The summed E-state index contributed by atoms with van der Waals surface area (Å²) in [6.45, 7) is 1.72. The van der Waals surface area contributed by atoms with Crippen molar-refractivity contribution in [2.45, 2.75) is 19.4 Å². The second-order valence-corrected chi connectivity index (χ2v) is 7.01. The minimum atomic E-state index is -0.811. The highest BCUT2D eigenvalue weighted by atomic mass is 16.6. The number of carbonyl (C=O) groups is 1. The maximum Gasteiger partial charge on any atom is 0.338 e. The van der Waals surface area contributed by atoms with Gasteiger partial charge in [-0.2, -0.15) is 5.26 Å². The van der Waals surface area contributed by atoms with Gasteiger partial charge in [0, 0.05) is 12.1 Å². The van der Waals surface area contributed by atoms with E-state index in [2.05, 4.69) is 0 Å². The maximum atomic E-state index is 12.4. The Morgan fingerprint density at radius 1 is 1.21 bits per heavy atom. The molecule has 0 spiro atoms. The van der Waals surface area contributed by atoms with Crippen molar-refractivity contribution in [3.05, 3.63) is 86.5 Å². The van der Waals surface area contributed by atoms with Crippen LogP contribution in [-0.4, -0.2) is 25.1 Å². The van der Waals surface area contributed by atoms with Gasteiger partial charge in [-0.15, -0.1) is 0 Å². The summed E-state index contributed by atoms with van der Waals surface area (Å²) in [5, 5.41) is 20.5. The van der Waals surface area contributed by atoms with E-state index in [1.54, 1.807) is 37.3 Å². The molecule has 0 aromatic heterocycles. The van der Waals surface area contributed by atoms with Gasteiger partial charge in [0.2, 0.25) is 5.88 Å². The molecule has 0 saturated carbocycles. The van der Waals surface area contributed by atoms with Gasteiger partial charge in [-0.25, -0.2) is 4.79 Å². The zero-order valence-electron chi connectivity index (χ0n) is 18.2. The van der Waals surface area contributed by atoms with Gasteiger partial charge in [-0.3, -0.25) is 10.1 Å². The molecule has 170 valence electrons. The zero-order chi connectivity index (χ0) is 24.1. The van der Waals surface area contributed by atoms with Crippen LogP contribution in [0.1, 0.15) is 24.0 Å². The van der Waals surface area contributed by atoms with Crippen molar-refractivity contribution < 1.29 is 28.7 Å². The van der Waals surface area contributed by atoms with Gasteiger partial charge in [0.1, 0.15) is 24.0 Å². The van der Waals surface area contributed by atoms with Crippen LogP contribution in [0, 0.1) is 21.4 Å². The molecular formula is C23H21N3O7. The molecule has 1 heterocycles. The Morgan fingerprint density at radius 3 is 2.48 bits per heavy atom. The van der Waals surface area contributed by atoms with Crippen LogP contribution in [0.15, 0.2) is 65.3 Å². The van der Waals surface area contributed by atoms with Crippen LogP contribution in [0.5, 0.6) is 11.5 Å². The van der Waals surface area contributed by atoms with Crippen LogP contribution in [0.25, 0.3) is 0 Å². The van der Waals surface area contributed by atoms with Crippen LogP contribution in [0.3, 0.4) is 0 Å². The third kappa shape index (κ3) is 4.72. The Labute approximate surface area is 189 Å². The number of hydrogen-bond acceptors (Lipinski definition) is 9. The van der Waals surface area contributed by atoms with Crippen LogP contribution < -0.4 is 15.2 Å². The fourth-order valence-electron chi connectivity index (χ4n) is 3.45. The lowest BCUT2D eigenvalue weighted by Crippen LogP contribution is -2.25. The molecule has 0 fully saturated rings. The minimum absolute atomic E-state index is 0.0115. The molecule has 0 saturated heterocycles. The van der Waals surface area contributed by atoms with Crippen LogP contribution in [0.2, 0.25) is 0 Å². The number of non-ortho nitro benzene ring substituents is 1. The van der Waals surface area contributed by atoms with E-state index in [9.17, 15) is 20.2 Å². The lowest BCUT2D eigenvalue weighted by molar-refractivity contribution is -0.384. The predicted octanol–water partition coefficient (Wildman–Crippen LogP) is 3.44. The fourth-order valence-corrected chi connectivity index (χ4v) is 3.45. The SMILES string of the molecule is COC(=O)C1=C(C)OC(N)=C(C#N)[C@@H]1c1ccc(OCc2ccc([N+](=O)[O-])cc2)c(OC)c1. The van der Waals surface area contributed by atoms with Crippen molar-refractivity contribution in [1.82, 2.24) is 0 Å². The van der Waals surface area contributed by atoms with Gasteiger partial charge in [0.05, 0.1) is 30.6 Å². The van der Waals surface area contributed by atoms with Crippen LogP contribution >= 0.6 is 0 Å². The molecule has 0 bridgehead atoms. The average Bonchev–Trinajstić information content (AvgIpc) is 2.82. The molecule has 33 heavy (non-hydrogen) atoms. The molecule has 0 aliphatic carbocycles. The molecule has 0 radical (unpaired) electrons. The highest BCUT2D eigenvalue weighted by Crippen LogP contribution is 2.42. The zero-order valence-corrected chi connectivity index (χ0v) is 18.2. The molecule has 1 atom stereocenters. The van der Waals surface area contributed by atoms with Crippen molar-refractivity contribution >= 4 is 11.7 Å². The first kappa shape index (κ1) is 23.1. The van der Waals surface area contributed by atoms with E-state index in [1.807, 2.05) is 6.07 Å². The molecule has 0 unspecified atom stereocenters. The minimum Gasteiger partial charge on any atom is -0.493 e. The van der Waals surface area contributed by atoms with Crippen molar-refractivity contribution in [2.24, 2.45) is 5.73 Å². The van der Waals surface area contributed by atoms with Crippen molar-refractivity contribution in [2.75, 3.05) is 14.2 Å². The van der Waals surface area contributed by atoms with Gasteiger partial charge >= 0.3 is 5.97 Å². The third-order valence-corrected chi connectivity index (χ3v) is 5.07. The summed E-state index contributed by atoms with van der Waals surface area (Å²) in [6, 6.07) is 13.0. The van der Waals surface area contributed by atoms with Crippen LogP contribution in [0.4, 0.5) is 5.69 Å². The smallest absolute Gasteiger partial charge is 0.338 e. The van der Waals surface area contributed by atoms with E-state index in [4.69, 9.17) is 24.7 Å². The number of benzene rings is 2. The van der Waals surface area contributed by atoms with E-state index < -0.39 is 16.8 Å². The molecular weight excluding hydrogens is 430 g/mol. The summed E-state index contributed by atoms with van der Waals surface area (Å²) < 4.78 is 21.5. The van der Waals surface area contributed by atoms with Crippen LogP contribution in [-0.2, 0) is 20.9 Å². The van der Waals surface area contributed by atoms with Gasteiger partial charge in [-0.05, 0) is 42.3 Å². The summed E-state index contributed by atoms with van der Waals surface area (Å²) in [5.41, 5.74) is 7.40. The second kappa shape index (κ2) is 9.74. The second-order valence-electron chi connectivity index (χ2n) is 7.01. The molecule has 0 amide bonds. The summed E-state index contributed by atoms with van der Waals surface area (Å²) in [4.78, 5) is 22.8. The maximum absolute atomic E-state index is 12.4. The molecule has 10 nitrogen and oxygen atoms in total. The van der Waals surface area contributed by atoms with Crippen molar-refractivity contribution in [3.63, 3.8) is 0 Å². The lowest BCUT2D eigenvalue weighted by atomic mass is 9.83. The molecule has 2 aromatic carbocycles. The Morgan fingerprint density at radius 2 is 1.91 bits per heavy atom. The van der Waals surface area contributed by atoms with Gasteiger partial charge in [0.15, 0.2) is 11.5 Å². The van der Waals surface area contributed by atoms with E-state index in [1.165, 1.54) is 26.4 Å². The quantitative estimate of drug-likeness (QED) is 0.380. The molecule has 1 aliphatic heterocycles. The van der Waals surface area contributed by atoms with E-state index >= 15 is 0 Å². The normalized spacial score (nSPS) is 15.4. The summed E-state index contributed by atoms with van der Waals surface area (Å²) in [5.74, 6) is -0.545. The Kier molecular flexibility index (Phi) is 6.83. The van der Waals surface area contributed by atoms with Gasteiger partial charge in [-0.1, -0.05) is 6.07 Å². The Balaban J connectivity index is 1.93. The number of nitrogens with zero attached hydrogens (tertiary/aromatic N) is 2. The number of rotatable bonds is 7. The number of nitrogens with two attached hydrogens (primary N) is 1. The highest BCUT2D eigenvalue weighted by Gasteiger charge is 2.36. The first-order valence-corrected chi connectivity index (χ1v) is 9.71. The Hall–Kier alpha value is -4.52. The highest BCUT2D eigenvalue weighted by molar-refractivity contribution is 5.92. The van der Waals surface area contributed by atoms with E-state index in [0.29, 0.717) is 17.1 Å². The average molecular weight is 451 g/mol. The van der Waals surface area contributed by atoms with E-state index in [0.717, 1.165) is 5.56 Å². The summed E-state index contributed by atoms with van der Waals surface area (Å²) in [7, 11) is 2.70. The standard InChI is InChI=1S/C23H21N3O7/c1-13-20(23(27)31-3)21(17(11-24)22(25)33-13)15-6-9-18(19(10-15)30-2)32-12-14-4-7-16(8-5-14)26(28)29/h4-10,21H,12,25H2,1-3H3/t21-/m0/s1. The fraction of sp³-hybridized carbons (Fsp3) is 0.217. The number of ether oxygens (including phenoxy) is 4. The summed E-state index contributed by atoms with van der Waals surface area (Å²) in [6.07, 6.45) is 0. The van der Waals surface area contributed by atoms with Gasteiger partial charge < -0.3 is 24.7 Å². The third-order valence-electron chi connectivity index (χ3n) is 5.07. The number of carbonyl (C=O) groups excluding carboxylic acids is 1. The topological polar surface area (TPSA) is 147 Å². The lowest BCUT2D eigenvalue weighted by Gasteiger charge is -2.27. The largest absolute Gasteiger partial charge is 0.493 e. The predicted molar refractivity (Wildman–Crippen MR) is 116 cm³/mol. The number of nitro groups is 1. The monoisotopic (exact) mass is 451 g/mol. The first-order valence-electron chi connectivity index (χ1n) is 9.71. The van der Waals surface area contributed by atoms with Gasteiger partial charge in [0.25, 0.3) is 5.69 Å².